The molecule has 0 saturated carbocycles. The van der Waals surface area contributed by atoms with Crippen molar-refractivity contribution in [3.8, 4) is 10.7 Å². The fourth-order valence-electron chi connectivity index (χ4n) is 1.85. The van der Waals surface area contributed by atoms with E-state index in [4.69, 9.17) is 0 Å². The number of amides is 1. The lowest BCUT2D eigenvalue weighted by Crippen LogP contribution is -2.26. The van der Waals surface area contributed by atoms with E-state index in [9.17, 15) is 18.0 Å². The van der Waals surface area contributed by atoms with Gasteiger partial charge in [0, 0.05) is 18.3 Å². The molecule has 0 fully saturated rings. The summed E-state index contributed by atoms with van der Waals surface area (Å²) in [7, 11) is 1.69. The molecule has 0 bridgehead atoms. The van der Waals surface area contributed by atoms with E-state index < -0.39 is 12.1 Å². The van der Waals surface area contributed by atoms with Gasteiger partial charge in [-0.1, -0.05) is 19.0 Å². The van der Waals surface area contributed by atoms with Crippen molar-refractivity contribution < 1.29 is 22.5 Å². The van der Waals surface area contributed by atoms with Gasteiger partial charge >= 0.3 is 12.1 Å². The molecule has 2 aromatic heterocycles. The van der Waals surface area contributed by atoms with Crippen molar-refractivity contribution in [3.63, 3.8) is 0 Å². The van der Waals surface area contributed by atoms with Crippen LogP contribution in [0.4, 0.5) is 13.2 Å². The average Bonchev–Trinajstić information content (AvgIpc) is 3.04. The van der Waals surface area contributed by atoms with Gasteiger partial charge < -0.3 is 9.42 Å². The molecule has 0 unspecified atom stereocenters. The zero-order valence-electron chi connectivity index (χ0n) is 12.8. The van der Waals surface area contributed by atoms with E-state index in [2.05, 4.69) is 14.7 Å². The number of rotatable bonds is 5. The van der Waals surface area contributed by atoms with Gasteiger partial charge in [0.2, 0.25) is 11.7 Å². The van der Waals surface area contributed by atoms with Crippen molar-refractivity contribution in [2.75, 3.05) is 7.05 Å². The molecule has 9 heteroatoms. The summed E-state index contributed by atoms with van der Waals surface area (Å²) < 4.78 is 41.6. The highest BCUT2D eigenvalue weighted by Crippen LogP contribution is 2.32. The lowest BCUT2D eigenvalue weighted by atomic mass is 10.1. The molecular weight excluding hydrogens is 331 g/mol. The number of halogens is 3. The Balaban J connectivity index is 2.06. The lowest BCUT2D eigenvalue weighted by molar-refractivity contribution is -0.159. The third-order valence-corrected chi connectivity index (χ3v) is 4.02. The summed E-state index contributed by atoms with van der Waals surface area (Å²) in [6.07, 6.45) is -4.21. The van der Waals surface area contributed by atoms with E-state index >= 15 is 0 Å². The molecule has 0 N–H and O–H groups in total. The zero-order valence-corrected chi connectivity index (χ0v) is 13.7. The number of thiophene rings is 1. The van der Waals surface area contributed by atoms with Crippen LogP contribution in [0.2, 0.25) is 0 Å². The zero-order chi connectivity index (χ0) is 17.2. The number of hydrogen-bond acceptors (Lipinski definition) is 5. The minimum Gasteiger partial charge on any atom is -0.341 e. The number of alkyl halides is 3. The fraction of sp³-hybridized carbons (Fsp3) is 0.500. The molecule has 0 saturated heterocycles. The molecule has 126 valence electrons. The van der Waals surface area contributed by atoms with E-state index in [1.807, 2.05) is 13.8 Å². The largest absolute Gasteiger partial charge is 0.471 e. The summed E-state index contributed by atoms with van der Waals surface area (Å²) in [5.41, 5.74) is 0. The Morgan fingerprint density at radius 3 is 2.65 bits per heavy atom. The number of nitrogens with zero attached hydrogens (tertiary/aromatic N) is 3. The summed E-state index contributed by atoms with van der Waals surface area (Å²) in [4.78, 5) is 18.1. The highest BCUT2D eigenvalue weighted by Gasteiger charge is 2.38. The normalized spacial score (nSPS) is 12.0. The second kappa shape index (κ2) is 6.69. The fourth-order valence-corrected chi connectivity index (χ4v) is 2.84. The van der Waals surface area contributed by atoms with Crippen LogP contribution in [0.5, 0.6) is 0 Å². The molecule has 0 atom stereocenters. The molecule has 2 aromatic rings. The maximum Gasteiger partial charge on any atom is 0.471 e. The van der Waals surface area contributed by atoms with E-state index in [-0.39, 0.29) is 17.6 Å². The summed E-state index contributed by atoms with van der Waals surface area (Å²) in [5, 5.41) is 3.34. The average molecular weight is 347 g/mol. The molecule has 5 nitrogen and oxygen atoms in total. The molecule has 23 heavy (non-hydrogen) atoms. The van der Waals surface area contributed by atoms with Crippen molar-refractivity contribution in [2.24, 2.45) is 5.92 Å². The van der Waals surface area contributed by atoms with Gasteiger partial charge in [-0.2, -0.15) is 18.2 Å². The van der Waals surface area contributed by atoms with Crippen LogP contribution in [-0.2, 0) is 17.5 Å². The molecule has 2 rings (SSSR count). The van der Waals surface area contributed by atoms with Gasteiger partial charge in [-0.25, -0.2) is 0 Å². The second-order valence-corrected chi connectivity index (χ2v) is 6.70. The summed E-state index contributed by atoms with van der Waals surface area (Å²) >= 11 is 1.23. The van der Waals surface area contributed by atoms with Gasteiger partial charge in [0.15, 0.2) is 0 Å². The van der Waals surface area contributed by atoms with Crippen LogP contribution in [0.25, 0.3) is 10.7 Å². The van der Waals surface area contributed by atoms with E-state index in [0.29, 0.717) is 17.8 Å². The predicted molar refractivity (Wildman–Crippen MR) is 78.5 cm³/mol. The molecule has 0 aliphatic rings. The lowest BCUT2D eigenvalue weighted by Gasteiger charge is -2.17. The maximum absolute atomic E-state index is 12.5. The third kappa shape index (κ3) is 4.54. The Bertz CT molecular complexity index is 679. The molecule has 1 amide bonds. The Morgan fingerprint density at radius 1 is 1.39 bits per heavy atom. The third-order valence-electron chi connectivity index (χ3n) is 2.95. The van der Waals surface area contributed by atoms with Crippen LogP contribution in [0.1, 0.15) is 31.0 Å². The van der Waals surface area contributed by atoms with Crippen LogP contribution in [0.15, 0.2) is 16.7 Å². The summed E-state index contributed by atoms with van der Waals surface area (Å²) in [5.74, 6) is -1.19. The maximum atomic E-state index is 12.5. The number of hydrogen-bond donors (Lipinski definition) is 0. The Kier molecular flexibility index (Phi) is 5.08. The molecule has 0 aliphatic carbocycles. The molecule has 0 radical (unpaired) electrons. The van der Waals surface area contributed by atoms with Crippen molar-refractivity contribution in [1.82, 2.24) is 15.0 Å². The first-order valence-electron chi connectivity index (χ1n) is 6.90. The monoisotopic (exact) mass is 347 g/mol. The summed E-state index contributed by atoms with van der Waals surface area (Å²) in [6, 6.07) is 3.36. The van der Waals surface area contributed by atoms with Crippen LogP contribution in [0.3, 0.4) is 0 Å². The standard InChI is InChI=1S/C14H16F3N3O2S/c1-8(2)6-11(21)20(3)7-9-4-5-10(23-9)12-18-13(22-19-12)14(15,16)17/h4-5,8H,6-7H2,1-3H3. The van der Waals surface area contributed by atoms with Gasteiger partial charge in [0.25, 0.3) is 0 Å². The van der Waals surface area contributed by atoms with Crippen LogP contribution < -0.4 is 0 Å². The number of carbonyl (C=O) groups excluding carboxylic acids is 1. The quantitative estimate of drug-likeness (QED) is 0.825. The minimum absolute atomic E-state index is 0.0221. The molecular formula is C14H16F3N3O2S. The van der Waals surface area contributed by atoms with Crippen molar-refractivity contribution in [2.45, 2.75) is 33.0 Å². The number of aromatic nitrogens is 2. The van der Waals surface area contributed by atoms with Crippen molar-refractivity contribution in [1.29, 1.82) is 0 Å². The van der Waals surface area contributed by atoms with E-state index in [1.165, 1.54) is 11.3 Å². The van der Waals surface area contributed by atoms with Crippen molar-refractivity contribution >= 4 is 17.2 Å². The smallest absolute Gasteiger partial charge is 0.341 e. The Morgan fingerprint density at radius 2 is 2.09 bits per heavy atom. The van der Waals surface area contributed by atoms with Crippen LogP contribution in [-0.4, -0.2) is 28.0 Å². The summed E-state index contributed by atoms with van der Waals surface area (Å²) in [6.45, 7) is 4.31. The van der Waals surface area contributed by atoms with E-state index in [0.717, 1.165) is 4.88 Å². The molecule has 2 heterocycles. The van der Waals surface area contributed by atoms with Gasteiger partial charge in [-0.3, -0.25) is 4.79 Å². The Hall–Kier alpha value is -1.90. The topological polar surface area (TPSA) is 59.2 Å². The highest BCUT2D eigenvalue weighted by atomic mass is 32.1. The van der Waals surface area contributed by atoms with Gasteiger partial charge in [0.05, 0.1) is 11.4 Å². The molecule has 0 spiro atoms. The van der Waals surface area contributed by atoms with E-state index in [1.54, 1.807) is 24.1 Å². The molecule has 0 aromatic carbocycles. The predicted octanol–water partition coefficient (Wildman–Crippen LogP) is 3.82. The van der Waals surface area contributed by atoms with Gasteiger partial charge in [-0.05, 0) is 18.1 Å². The van der Waals surface area contributed by atoms with Gasteiger partial charge in [0.1, 0.15) is 0 Å². The van der Waals surface area contributed by atoms with Crippen molar-refractivity contribution in [3.05, 3.63) is 22.9 Å². The SMILES string of the molecule is CC(C)CC(=O)N(C)Cc1ccc(-c2noc(C(F)(F)F)n2)s1. The van der Waals surface area contributed by atoms with Crippen LogP contribution >= 0.6 is 11.3 Å². The minimum atomic E-state index is -4.66. The highest BCUT2D eigenvalue weighted by molar-refractivity contribution is 7.15. The first-order valence-corrected chi connectivity index (χ1v) is 7.72. The first kappa shape index (κ1) is 17.5. The van der Waals surface area contributed by atoms with Crippen LogP contribution in [0, 0.1) is 5.92 Å². The first-order chi connectivity index (χ1) is 10.7. The number of carbonyl (C=O) groups is 1. The Labute approximate surface area is 135 Å². The second-order valence-electron chi connectivity index (χ2n) is 5.53. The molecule has 0 aliphatic heterocycles. The van der Waals surface area contributed by atoms with Gasteiger partial charge in [-0.15, -0.1) is 11.3 Å².